The summed E-state index contributed by atoms with van der Waals surface area (Å²) in [6, 6.07) is 11.2. The van der Waals surface area contributed by atoms with Crippen LogP contribution in [0.3, 0.4) is 0 Å². The molecule has 3 heterocycles. The SMILES string of the molecule is CCN1CCC(c2cc(-c3ccc(NC(=O)c4ccn[nH]4)cc3)sc2C(=O)O)=C(C2CCC(C)CC2)C1. The number of nitrogens with zero attached hydrogens (tertiary/aromatic N) is 2. The molecule has 0 spiro atoms. The number of hydrogen-bond donors (Lipinski definition) is 3. The van der Waals surface area contributed by atoms with Gasteiger partial charge in [0.05, 0.1) is 0 Å². The summed E-state index contributed by atoms with van der Waals surface area (Å²) in [5.74, 6) is 0.201. The molecule has 1 aliphatic carbocycles. The van der Waals surface area contributed by atoms with Gasteiger partial charge >= 0.3 is 5.97 Å². The third kappa shape index (κ3) is 5.55. The monoisotopic (exact) mass is 518 g/mol. The second-order valence-electron chi connectivity index (χ2n) is 10.2. The largest absolute Gasteiger partial charge is 0.477 e. The van der Waals surface area contributed by atoms with Crippen LogP contribution in [0.25, 0.3) is 16.0 Å². The Morgan fingerprint density at radius 1 is 1.16 bits per heavy atom. The van der Waals surface area contributed by atoms with E-state index in [2.05, 4.69) is 40.3 Å². The highest BCUT2D eigenvalue weighted by Gasteiger charge is 2.30. The fraction of sp³-hybridized carbons (Fsp3) is 0.414. The molecule has 8 heteroatoms. The minimum absolute atomic E-state index is 0.258. The molecule has 0 radical (unpaired) electrons. The van der Waals surface area contributed by atoms with Crippen molar-refractivity contribution in [3.8, 4) is 10.4 Å². The summed E-state index contributed by atoms with van der Waals surface area (Å²) in [4.78, 5) is 28.5. The topological polar surface area (TPSA) is 98.3 Å². The number of carboxylic acids is 1. The molecule has 3 aromatic rings. The number of hydrogen-bond acceptors (Lipinski definition) is 5. The lowest BCUT2D eigenvalue weighted by Gasteiger charge is -2.36. The number of rotatable bonds is 7. The fourth-order valence-corrected chi connectivity index (χ4v) is 6.65. The van der Waals surface area contributed by atoms with E-state index in [0.29, 0.717) is 22.2 Å². The van der Waals surface area contributed by atoms with Crippen LogP contribution in [0.2, 0.25) is 0 Å². The van der Waals surface area contributed by atoms with Crippen LogP contribution in [0, 0.1) is 11.8 Å². The second-order valence-corrected chi connectivity index (χ2v) is 11.3. The maximum Gasteiger partial charge on any atom is 0.346 e. The van der Waals surface area contributed by atoms with Crippen molar-refractivity contribution in [3.05, 3.63) is 64.3 Å². The van der Waals surface area contributed by atoms with E-state index < -0.39 is 5.97 Å². The second kappa shape index (κ2) is 11.0. The molecule has 0 unspecified atom stereocenters. The summed E-state index contributed by atoms with van der Waals surface area (Å²) >= 11 is 1.34. The van der Waals surface area contributed by atoms with E-state index in [1.54, 1.807) is 6.07 Å². The van der Waals surface area contributed by atoms with Gasteiger partial charge in [-0.3, -0.25) is 14.8 Å². The van der Waals surface area contributed by atoms with Crippen molar-refractivity contribution in [2.24, 2.45) is 11.8 Å². The van der Waals surface area contributed by atoms with E-state index in [1.807, 2.05) is 24.3 Å². The Kier molecular flexibility index (Phi) is 7.58. The first-order valence-corrected chi connectivity index (χ1v) is 14.0. The van der Waals surface area contributed by atoms with Crippen LogP contribution in [0.1, 0.15) is 71.7 Å². The molecule has 194 valence electrons. The van der Waals surface area contributed by atoms with Crippen molar-refractivity contribution >= 4 is 34.5 Å². The normalized spacial score (nSPS) is 20.7. The fourth-order valence-electron chi connectivity index (χ4n) is 5.62. The maximum atomic E-state index is 12.4. The quantitative estimate of drug-likeness (QED) is 0.336. The van der Waals surface area contributed by atoms with Crippen LogP contribution in [0.4, 0.5) is 5.69 Å². The molecule has 1 aliphatic heterocycles. The number of carboxylic acid groups (broad SMARTS) is 1. The van der Waals surface area contributed by atoms with Gasteiger partial charge in [0, 0.05) is 35.4 Å². The molecule has 2 aliphatic rings. The summed E-state index contributed by atoms with van der Waals surface area (Å²) in [6.45, 7) is 7.47. The first kappa shape index (κ1) is 25.4. The van der Waals surface area contributed by atoms with Gasteiger partial charge in [-0.15, -0.1) is 11.3 Å². The van der Waals surface area contributed by atoms with Crippen molar-refractivity contribution in [2.75, 3.05) is 25.0 Å². The number of amides is 1. The number of nitrogens with one attached hydrogen (secondary N) is 2. The van der Waals surface area contributed by atoms with Crippen LogP contribution in [-0.2, 0) is 0 Å². The third-order valence-corrected chi connectivity index (χ3v) is 9.01. The molecule has 5 rings (SSSR count). The molecule has 0 bridgehead atoms. The number of likely N-dealkylation sites (N-methyl/N-ethyl adjacent to an activating group) is 1. The first-order chi connectivity index (χ1) is 17.9. The summed E-state index contributed by atoms with van der Waals surface area (Å²) in [5, 5.41) is 19.5. The number of carbonyl (C=O) groups is 2. The molecular weight excluding hydrogens is 484 g/mol. The predicted molar refractivity (Wildman–Crippen MR) is 148 cm³/mol. The molecule has 1 aromatic carbocycles. The molecule has 2 aromatic heterocycles. The zero-order chi connectivity index (χ0) is 25.9. The Balaban J connectivity index is 1.45. The minimum Gasteiger partial charge on any atom is -0.477 e. The van der Waals surface area contributed by atoms with Crippen LogP contribution >= 0.6 is 11.3 Å². The highest BCUT2D eigenvalue weighted by molar-refractivity contribution is 7.17. The number of aromatic amines is 1. The van der Waals surface area contributed by atoms with Crippen LogP contribution < -0.4 is 5.32 Å². The van der Waals surface area contributed by atoms with E-state index in [-0.39, 0.29) is 5.91 Å². The van der Waals surface area contributed by atoms with Crippen molar-refractivity contribution in [2.45, 2.75) is 46.0 Å². The molecule has 1 fully saturated rings. The minimum atomic E-state index is -0.864. The maximum absolute atomic E-state index is 12.4. The van der Waals surface area contributed by atoms with Crippen LogP contribution in [0.15, 0.2) is 48.2 Å². The molecule has 1 amide bonds. The van der Waals surface area contributed by atoms with Crippen molar-refractivity contribution in [1.82, 2.24) is 15.1 Å². The summed E-state index contributed by atoms with van der Waals surface area (Å²) in [7, 11) is 0. The lowest BCUT2D eigenvalue weighted by Crippen LogP contribution is -2.34. The first-order valence-electron chi connectivity index (χ1n) is 13.2. The Morgan fingerprint density at radius 2 is 1.92 bits per heavy atom. The molecular formula is C29H34N4O3S. The van der Waals surface area contributed by atoms with Gasteiger partial charge in [0.1, 0.15) is 10.6 Å². The Morgan fingerprint density at radius 3 is 2.57 bits per heavy atom. The molecule has 7 nitrogen and oxygen atoms in total. The number of aromatic carboxylic acids is 1. The average molecular weight is 519 g/mol. The Bertz CT molecular complexity index is 1290. The van der Waals surface area contributed by atoms with Gasteiger partial charge < -0.3 is 10.4 Å². The van der Waals surface area contributed by atoms with Gasteiger partial charge in [0.2, 0.25) is 0 Å². The number of aromatic nitrogens is 2. The Labute approximate surface area is 221 Å². The van der Waals surface area contributed by atoms with Crippen molar-refractivity contribution in [3.63, 3.8) is 0 Å². The van der Waals surface area contributed by atoms with Crippen molar-refractivity contribution in [1.29, 1.82) is 0 Å². The van der Waals surface area contributed by atoms with Crippen LogP contribution in [-0.4, -0.2) is 51.7 Å². The van der Waals surface area contributed by atoms with Gasteiger partial charge in [0.15, 0.2) is 0 Å². The van der Waals surface area contributed by atoms with Crippen LogP contribution in [0.5, 0.6) is 0 Å². The molecule has 37 heavy (non-hydrogen) atoms. The zero-order valence-electron chi connectivity index (χ0n) is 21.4. The summed E-state index contributed by atoms with van der Waals surface area (Å²) in [6.07, 6.45) is 7.32. The standard InChI is InChI=1S/C29H34N4O3S/c1-3-33-15-13-22(24(17-33)19-6-4-18(2)5-7-19)23-16-26(37-27(23)29(35)36)20-8-10-21(11-9-20)31-28(34)25-12-14-30-32-25/h8-12,14,16,18-19H,3-7,13,15,17H2,1-2H3,(H,30,32)(H,31,34)(H,35,36). The van der Waals surface area contributed by atoms with E-state index in [4.69, 9.17) is 0 Å². The van der Waals surface area contributed by atoms with E-state index in [1.165, 1.54) is 54.4 Å². The number of benzene rings is 1. The lowest BCUT2D eigenvalue weighted by molar-refractivity contribution is 0.0701. The van der Waals surface area contributed by atoms with Gasteiger partial charge in [-0.2, -0.15) is 5.10 Å². The number of anilines is 1. The number of H-pyrrole nitrogens is 1. The highest BCUT2D eigenvalue weighted by atomic mass is 32.1. The average Bonchev–Trinajstić information content (AvgIpc) is 3.60. The predicted octanol–water partition coefficient (Wildman–Crippen LogP) is 6.39. The summed E-state index contributed by atoms with van der Waals surface area (Å²) in [5.41, 5.74) is 5.62. The molecule has 0 saturated heterocycles. The number of thiophene rings is 1. The molecule has 3 N–H and O–H groups in total. The highest BCUT2D eigenvalue weighted by Crippen LogP contribution is 2.43. The Hall–Kier alpha value is -3.23. The van der Waals surface area contributed by atoms with E-state index >= 15 is 0 Å². The smallest absolute Gasteiger partial charge is 0.346 e. The van der Waals surface area contributed by atoms with Gasteiger partial charge in [-0.05, 0) is 78.6 Å². The molecule has 1 saturated carbocycles. The van der Waals surface area contributed by atoms with Gasteiger partial charge in [0.25, 0.3) is 5.91 Å². The zero-order valence-corrected chi connectivity index (χ0v) is 22.2. The summed E-state index contributed by atoms with van der Waals surface area (Å²) < 4.78 is 0. The number of carbonyl (C=O) groups excluding carboxylic acids is 1. The van der Waals surface area contributed by atoms with Gasteiger partial charge in [-0.25, -0.2) is 4.79 Å². The third-order valence-electron chi connectivity index (χ3n) is 7.84. The molecule has 0 atom stereocenters. The lowest BCUT2D eigenvalue weighted by atomic mass is 9.75. The van der Waals surface area contributed by atoms with E-state index in [9.17, 15) is 14.7 Å². The van der Waals surface area contributed by atoms with E-state index in [0.717, 1.165) is 48.0 Å². The van der Waals surface area contributed by atoms with Crippen molar-refractivity contribution < 1.29 is 14.7 Å². The van der Waals surface area contributed by atoms with Gasteiger partial charge in [-0.1, -0.05) is 38.8 Å².